The molecule has 0 spiro atoms. The molecule has 12 rings (SSSR count). The maximum atomic E-state index is 2.59. The number of para-hydroxylation sites is 2. The molecule has 0 bridgehead atoms. The Morgan fingerprint density at radius 3 is 1.80 bits per heavy atom. The molecule has 2 heterocycles. The van der Waals surface area contributed by atoms with Crippen LogP contribution in [-0.2, 0) is 10.8 Å². The van der Waals surface area contributed by atoms with E-state index in [1.165, 1.54) is 100 Å². The first-order valence-corrected chi connectivity index (χ1v) is 19.4. The van der Waals surface area contributed by atoms with Gasteiger partial charge >= 0.3 is 0 Å². The lowest BCUT2D eigenvalue weighted by Crippen LogP contribution is -2.33. The summed E-state index contributed by atoms with van der Waals surface area (Å²) in [6, 6.07) is 65.7. The van der Waals surface area contributed by atoms with Gasteiger partial charge in [-0.25, -0.2) is 0 Å². The Bertz CT molecular complexity index is 3030. The monoisotopic (exact) mass is 702 g/mol. The minimum absolute atomic E-state index is 0.108. The molecular weight excluding hydrogens is 665 g/mol. The summed E-state index contributed by atoms with van der Waals surface area (Å²) in [6.45, 7) is 7.24. The van der Waals surface area contributed by atoms with E-state index in [2.05, 4.69) is 206 Å². The van der Waals surface area contributed by atoms with E-state index < -0.39 is 0 Å². The van der Waals surface area contributed by atoms with Gasteiger partial charge in [-0.15, -0.1) is 0 Å². The molecule has 1 atom stereocenters. The molecule has 260 valence electrons. The summed E-state index contributed by atoms with van der Waals surface area (Å²) in [4.78, 5) is 2.59. The lowest BCUT2D eigenvalue weighted by molar-refractivity contribution is 0.657. The van der Waals surface area contributed by atoms with E-state index in [1.54, 1.807) is 0 Å². The van der Waals surface area contributed by atoms with Crippen LogP contribution >= 0.6 is 0 Å². The van der Waals surface area contributed by atoms with Crippen LogP contribution in [0.15, 0.2) is 176 Å². The van der Waals surface area contributed by atoms with Gasteiger partial charge in [-0.2, -0.15) is 0 Å². The fraction of sp³-hybridized carbons (Fsp3) is 0.0943. The summed E-state index contributed by atoms with van der Waals surface area (Å²) in [7, 11) is 0. The maximum absolute atomic E-state index is 2.59. The Hall–Kier alpha value is -6.64. The van der Waals surface area contributed by atoms with Gasteiger partial charge < -0.3 is 9.47 Å². The van der Waals surface area contributed by atoms with Crippen molar-refractivity contribution in [1.82, 2.24) is 4.57 Å². The number of hydrogen-bond donors (Lipinski definition) is 0. The van der Waals surface area contributed by atoms with Crippen LogP contribution in [0.25, 0.3) is 60.9 Å². The van der Waals surface area contributed by atoms with Gasteiger partial charge in [0.15, 0.2) is 0 Å². The molecular formula is C53H38N2. The zero-order chi connectivity index (χ0) is 36.6. The van der Waals surface area contributed by atoms with Crippen molar-refractivity contribution in [2.24, 2.45) is 0 Å². The predicted molar refractivity (Wildman–Crippen MR) is 229 cm³/mol. The van der Waals surface area contributed by atoms with Gasteiger partial charge in [0.2, 0.25) is 0 Å². The molecule has 0 amide bonds. The van der Waals surface area contributed by atoms with Crippen molar-refractivity contribution in [2.45, 2.75) is 31.6 Å². The van der Waals surface area contributed by atoms with Crippen LogP contribution in [0.1, 0.15) is 48.6 Å². The second-order valence-corrected chi connectivity index (χ2v) is 16.2. The number of rotatable bonds is 3. The van der Waals surface area contributed by atoms with Crippen LogP contribution in [0.2, 0.25) is 0 Å². The fourth-order valence-corrected chi connectivity index (χ4v) is 10.7. The Balaban J connectivity index is 1.07. The van der Waals surface area contributed by atoms with E-state index in [0.29, 0.717) is 0 Å². The van der Waals surface area contributed by atoms with Crippen molar-refractivity contribution in [3.63, 3.8) is 0 Å². The molecule has 0 fully saturated rings. The molecule has 3 aliphatic rings. The molecule has 55 heavy (non-hydrogen) atoms. The molecule has 0 N–H and O–H groups in total. The van der Waals surface area contributed by atoms with E-state index in [4.69, 9.17) is 0 Å². The van der Waals surface area contributed by atoms with Crippen molar-refractivity contribution in [3.8, 4) is 39.1 Å². The van der Waals surface area contributed by atoms with Crippen molar-refractivity contribution >= 4 is 38.9 Å². The van der Waals surface area contributed by atoms with Crippen LogP contribution in [0, 0.1) is 0 Å². The fourth-order valence-electron chi connectivity index (χ4n) is 10.7. The standard InChI is InChI=1S/C53H38N2/c1-52(2)42-21-8-5-19-41(42)49-44(52)30-31-45-51(49)55(48-25-13-20-40-37-16-4-9-22-43(37)53(45,3)50(40)48)36-15-12-14-34(32-36)33-26-28-35(29-27-33)54-46-23-10-6-17-38(46)39-18-7-11-24-47(39)54/h4-32H,1-3H3. The molecule has 1 aromatic heterocycles. The lowest BCUT2D eigenvalue weighted by Gasteiger charge is -2.44. The van der Waals surface area contributed by atoms with Crippen LogP contribution in [0.5, 0.6) is 0 Å². The van der Waals surface area contributed by atoms with Crippen molar-refractivity contribution in [3.05, 3.63) is 204 Å². The summed E-state index contributed by atoms with van der Waals surface area (Å²) in [5, 5.41) is 2.56. The van der Waals surface area contributed by atoms with E-state index in [9.17, 15) is 0 Å². The zero-order valence-electron chi connectivity index (χ0n) is 31.1. The summed E-state index contributed by atoms with van der Waals surface area (Å²) >= 11 is 0. The van der Waals surface area contributed by atoms with Gasteiger partial charge in [-0.1, -0.05) is 147 Å². The van der Waals surface area contributed by atoms with Gasteiger partial charge in [0.05, 0.1) is 22.4 Å². The molecule has 2 aliphatic carbocycles. The summed E-state index contributed by atoms with van der Waals surface area (Å²) in [5.74, 6) is 0. The normalized spacial score (nSPS) is 16.8. The molecule has 2 heteroatoms. The van der Waals surface area contributed by atoms with Gasteiger partial charge in [-0.05, 0) is 105 Å². The first-order chi connectivity index (χ1) is 26.9. The average molecular weight is 703 g/mol. The second kappa shape index (κ2) is 10.7. The van der Waals surface area contributed by atoms with Gasteiger partial charge in [0.25, 0.3) is 0 Å². The van der Waals surface area contributed by atoms with Crippen LogP contribution in [0.3, 0.4) is 0 Å². The lowest BCUT2D eigenvalue weighted by atomic mass is 9.69. The van der Waals surface area contributed by atoms with E-state index >= 15 is 0 Å². The third-order valence-corrected chi connectivity index (χ3v) is 13.2. The highest BCUT2D eigenvalue weighted by Crippen LogP contribution is 2.66. The van der Waals surface area contributed by atoms with Crippen LogP contribution < -0.4 is 4.90 Å². The summed E-state index contributed by atoms with van der Waals surface area (Å²) in [6.07, 6.45) is 0. The minimum Gasteiger partial charge on any atom is -0.309 e. The number of hydrogen-bond acceptors (Lipinski definition) is 1. The van der Waals surface area contributed by atoms with Crippen molar-refractivity contribution < 1.29 is 0 Å². The highest BCUT2D eigenvalue weighted by atomic mass is 15.2. The largest absolute Gasteiger partial charge is 0.309 e. The van der Waals surface area contributed by atoms with Gasteiger partial charge in [0, 0.05) is 38.5 Å². The van der Waals surface area contributed by atoms with Crippen LogP contribution in [0.4, 0.5) is 17.1 Å². The highest BCUT2D eigenvalue weighted by Gasteiger charge is 2.50. The Kier molecular flexibility index (Phi) is 6.01. The van der Waals surface area contributed by atoms with E-state index in [0.717, 1.165) is 5.69 Å². The minimum atomic E-state index is -0.286. The smallest absolute Gasteiger partial charge is 0.0587 e. The molecule has 2 nitrogen and oxygen atoms in total. The molecule has 0 saturated heterocycles. The molecule has 1 aliphatic heterocycles. The number of anilines is 3. The van der Waals surface area contributed by atoms with E-state index in [-0.39, 0.29) is 10.8 Å². The average Bonchev–Trinajstić information content (AvgIpc) is 3.80. The topological polar surface area (TPSA) is 8.17 Å². The highest BCUT2D eigenvalue weighted by molar-refractivity contribution is 6.09. The first kappa shape index (κ1) is 30.8. The first-order valence-electron chi connectivity index (χ1n) is 19.4. The van der Waals surface area contributed by atoms with E-state index in [1.807, 2.05) is 0 Å². The van der Waals surface area contributed by atoms with Gasteiger partial charge in [-0.3, -0.25) is 0 Å². The SMILES string of the molecule is CC1(C)c2ccccc2-c2c1ccc1c2N(c2cccc(-c3ccc(-n4c5ccccc5c5ccccc54)cc3)c2)c2cccc3c2C1(C)c1ccccc1-3. The Morgan fingerprint density at radius 1 is 0.418 bits per heavy atom. The summed E-state index contributed by atoms with van der Waals surface area (Å²) in [5.41, 5.74) is 21.7. The third kappa shape index (κ3) is 3.89. The van der Waals surface area contributed by atoms with Crippen LogP contribution in [-0.4, -0.2) is 4.57 Å². The number of nitrogens with zero attached hydrogens (tertiary/aromatic N) is 2. The zero-order valence-corrected chi connectivity index (χ0v) is 31.1. The quantitative estimate of drug-likeness (QED) is 0.178. The Morgan fingerprint density at radius 2 is 1.04 bits per heavy atom. The number of fused-ring (bicyclic) bond motifs is 12. The number of benzene rings is 8. The molecule has 0 radical (unpaired) electrons. The molecule has 8 aromatic carbocycles. The second-order valence-electron chi connectivity index (χ2n) is 16.2. The molecule has 0 saturated carbocycles. The van der Waals surface area contributed by atoms with Crippen molar-refractivity contribution in [2.75, 3.05) is 4.90 Å². The third-order valence-electron chi connectivity index (χ3n) is 13.2. The molecule has 9 aromatic rings. The number of aromatic nitrogens is 1. The predicted octanol–water partition coefficient (Wildman–Crippen LogP) is 13.9. The van der Waals surface area contributed by atoms with Crippen molar-refractivity contribution in [1.29, 1.82) is 0 Å². The summed E-state index contributed by atoms with van der Waals surface area (Å²) < 4.78 is 2.39. The van der Waals surface area contributed by atoms with Gasteiger partial charge in [0.1, 0.15) is 0 Å². The molecule has 1 unspecified atom stereocenters. The Labute approximate surface area is 321 Å². The maximum Gasteiger partial charge on any atom is 0.0587 e.